The van der Waals surface area contributed by atoms with Gasteiger partial charge in [0.25, 0.3) is 0 Å². The molecule has 0 heterocycles. The molecule has 8 heavy (non-hydrogen) atoms. The number of alkyl halides is 1. The van der Waals surface area contributed by atoms with Crippen LogP contribution in [0.25, 0.3) is 0 Å². The van der Waals surface area contributed by atoms with Gasteiger partial charge in [-0.05, 0) is 6.92 Å². The van der Waals surface area contributed by atoms with Gasteiger partial charge in [-0.1, -0.05) is 23.2 Å². The summed E-state index contributed by atoms with van der Waals surface area (Å²) in [6, 6.07) is 0. The van der Waals surface area contributed by atoms with E-state index in [1.54, 1.807) is 6.92 Å². The van der Waals surface area contributed by atoms with Crippen LogP contribution < -0.4 is 0 Å². The Bertz CT molecular complexity index is 139. The Kier molecular flexibility index (Phi) is 1.28. The van der Waals surface area contributed by atoms with Gasteiger partial charge in [-0.3, -0.25) is 0 Å². The van der Waals surface area contributed by atoms with Crippen LogP contribution in [0.15, 0.2) is 10.1 Å². The van der Waals surface area contributed by atoms with Gasteiger partial charge >= 0.3 is 0 Å². The summed E-state index contributed by atoms with van der Waals surface area (Å²) in [5, 5.41) is 0.948. The maximum atomic E-state index is 11.9. The number of halogens is 3. The minimum absolute atomic E-state index is 0.474. The summed E-state index contributed by atoms with van der Waals surface area (Å²) in [7, 11) is 0. The Morgan fingerprint density at radius 2 is 1.88 bits per heavy atom. The standard InChI is InChI=1S/C5H5Cl2F/c1-5(2-8)3(6)4(5)7/h2H2,1H3. The molecule has 0 radical (unpaired) electrons. The first-order chi connectivity index (χ1) is 3.63. The first-order valence-corrected chi connectivity index (χ1v) is 3.00. The number of hydrogen-bond donors (Lipinski definition) is 0. The van der Waals surface area contributed by atoms with Crippen molar-refractivity contribution in [1.82, 2.24) is 0 Å². The van der Waals surface area contributed by atoms with E-state index in [1.165, 1.54) is 0 Å². The SMILES string of the molecule is CC1(CF)C(Cl)=C1Cl. The van der Waals surface area contributed by atoms with Crippen LogP contribution in [0.1, 0.15) is 6.92 Å². The Labute approximate surface area is 57.3 Å². The molecule has 0 aromatic heterocycles. The van der Waals surface area contributed by atoms with Crippen LogP contribution in [0.5, 0.6) is 0 Å². The van der Waals surface area contributed by atoms with Crippen molar-refractivity contribution in [2.45, 2.75) is 6.92 Å². The highest BCUT2D eigenvalue weighted by Crippen LogP contribution is 2.57. The van der Waals surface area contributed by atoms with Gasteiger partial charge in [-0.15, -0.1) is 0 Å². The zero-order chi connectivity index (χ0) is 6.36. The molecule has 0 atom stereocenters. The highest BCUT2D eigenvalue weighted by Gasteiger charge is 2.48. The fraction of sp³-hybridized carbons (Fsp3) is 0.600. The molecule has 3 heteroatoms. The molecule has 0 aromatic rings. The molecule has 1 rings (SSSR count). The van der Waals surface area contributed by atoms with Crippen LogP contribution in [-0.2, 0) is 0 Å². The lowest BCUT2D eigenvalue weighted by molar-refractivity contribution is 0.389. The van der Waals surface area contributed by atoms with Crippen molar-refractivity contribution in [1.29, 1.82) is 0 Å². The van der Waals surface area contributed by atoms with Crippen molar-refractivity contribution >= 4 is 23.2 Å². The van der Waals surface area contributed by atoms with Crippen LogP contribution in [-0.4, -0.2) is 6.67 Å². The van der Waals surface area contributed by atoms with E-state index in [9.17, 15) is 4.39 Å². The molecule has 0 saturated carbocycles. The van der Waals surface area contributed by atoms with E-state index >= 15 is 0 Å². The smallest absolute Gasteiger partial charge is 0.105 e. The summed E-state index contributed by atoms with van der Waals surface area (Å²) < 4.78 is 11.9. The minimum atomic E-state index is -0.594. The lowest BCUT2D eigenvalue weighted by atomic mass is 10.1. The third-order valence-electron chi connectivity index (χ3n) is 1.37. The molecule has 0 amide bonds. The van der Waals surface area contributed by atoms with Crippen LogP contribution in [0.3, 0.4) is 0 Å². The fourth-order valence-electron chi connectivity index (χ4n) is 0.450. The van der Waals surface area contributed by atoms with Crippen molar-refractivity contribution in [3.05, 3.63) is 10.1 Å². The first-order valence-electron chi connectivity index (χ1n) is 2.25. The van der Waals surface area contributed by atoms with Crippen molar-refractivity contribution in [2.75, 3.05) is 6.67 Å². The second kappa shape index (κ2) is 1.61. The highest BCUT2D eigenvalue weighted by molar-refractivity contribution is 6.46. The molecule has 0 unspecified atom stereocenters. The molecule has 0 bridgehead atoms. The third-order valence-corrected chi connectivity index (χ3v) is 2.68. The van der Waals surface area contributed by atoms with Gasteiger partial charge in [-0.25, -0.2) is 4.39 Å². The summed E-state index contributed by atoms with van der Waals surface area (Å²) >= 11 is 10.9. The first kappa shape index (κ1) is 6.37. The molecule has 0 spiro atoms. The summed E-state index contributed by atoms with van der Waals surface area (Å²) in [6.45, 7) is 1.20. The molecule has 0 aromatic carbocycles. The predicted molar refractivity (Wildman–Crippen MR) is 32.8 cm³/mol. The van der Waals surface area contributed by atoms with E-state index in [0.29, 0.717) is 10.1 Å². The maximum absolute atomic E-state index is 11.9. The molecular weight excluding hydrogens is 150 g/mol. The number of hydrogen-bond acceptors (Lipinski definition) is 0. The van der Waals surface area contributed by atoms with E-state index in [1.807, 2.05) is 0 Å². The van der Waals surface area contributed by atoms with Crippen LogP contribution in [0.2, 0.25) is 0 Å². The van der Waals surface area contributed by atoms with Gasteiger partial charge < -0.3 is 0 Å². The van der Waals surface area contributed by atoms with Gasteiger partial charge in [0.1, 0.15) is 6.67 Å². The van der Waals surface area contributed by atoms with Crippen molar-refractivity contribution < 1.29 is 4.39 Å². The van der Waals surface area contributed by atoms with E-state index in [2.05, 4.69) is 0 Å². The molecule has 1 aliphatic rings. The molecule has 0 aliphatic heterocycles. The normalized spacial score (nSPS) is 24.0. The number of rotatable bonds is 1. The van der Waals surface area contributed by atoms with Gasteiger partial charge in [0.2, 0.25) is 0 Å². The molecule has 0 fully saturated rings. The molecule has 0 nitrogen and oxygen atoms in total. The predicted octanol–water partition coefficient (Wildman–Crippen LogP) is 2.67. The Morgan fingerprint density at radius 1 is 1.50 bits per heavy atom. The van der Waals surface area contributed by atoms with Gasteiger partial charge in [0, 0.05) is 10.1 Å². The third kappa shape index (κ3) is 0.579. The van der Waals surface area contributed by atoms with Crippen LogP contribution in [0, 0.1) is 5.41 Å². The maximum Gasteiger partial charge on any atom is 0.105 e. The second-order valence-electron chi connectivity index (χ2n) is 2.09. The van der Waals surface area contributed by atoms with Gasteiger partial charge in [-0.2, -0.15) is 0 Å². The van der Waals surface area contributed by atoms with Crippen molar-refractivity contribution in [3.8, 4) is 0 Å². The Morgan fingerprint density at radius 3 is 1.88 bits per heavy atom. The van der Waals surface area contributed by atoms with E-state index < -0.39 is 12.1 Å². The van der Waals surface area contributed by atoms with E-state index in [0.717, 1.165) is 0 Å². The Hall–Kier alpha value is 0.250. The summed E-state index contributed by atoms with van der Waals surface area (Å²) in [4.78, 5) is 0. The lowest BCUT2D eigenvalue weighted by Gasteiger charge is -2.00. The molecule has 0 N–H and O–H groups in total. The molecule has 0 saturated heterocycles. The van der Waals surface area contributed by atoms with Gasteiger partial charge in [0.15, 0.2) is 0 Å². The van der Waals surface area contributed by atoms with Gasteiger partial charge in [0.05, 0.1) is 5.41 Å². The summed E-state index contributed by atoms with van der Waals surface area (Å²) in [6.07, 6.45) is 0. The zero-order valence-corrected chi connectivity index (χ0v) is 5.85. The highest BCUT2D eigenvalue weighted by atomic mass is 35.5. The molecular formula is C5H5Cl2F. The topological polar surface area (TPSA) is 0 Å². The monoisotopic (exact) mass is 154 g/mol. The van der Waals surface area contributed by atoms with E-state index in [4.69, 9.17) is 23.2 Å². The zero-order valence-electron chi connectivity index (χ0n) is 4.34. The number of allylic oxidation sites excluding steroid dienone is 2. The fourth-order valence-corrected chi connectivity index (χ4v) is 1.11. The quantitative estimate of drug-likeness (QED) is 0.545. The molecule has 46 valence electrons. The van der Waals surface area contributed by atoms with Crippen LogP contribution in [0.4, 0.5) is 4.39 Å². The summed E-state index contributed by atoms with van der Waals surface area (Å²) in [5.41, 5.74) is -0.594. The summed E-state index contributed by atoms with van der Waals surface area (Å²) in [5.74, 6) is 0. The van der Waals surface area contributed by atoms with Crippen LogP contribution >= 0.6 is 23.2 Å². The molecule has 1 aliphatic carbocycles. The van der Waals surface area contributed by atoms with Crippen molar-refractivity contribution in [2.24, 2.45) is 5.41 Å². The van der Waals surface area contributed by atoms with E-state index in [-0.39, 0.29) is 0 Å². The van der Waals surface area contributed by atoms with Crippen molar-refractivity contribution in [3.63, 3.8) is 0 Å². The average molecular weight is 155 g/mol. The lowest BCUT2D eigenvalue weighted by Crippen LogP contribution is -2.00. The second-order valence-corrected chi connectivity index (χ2v) is 2.85. The Balaban J connectivity index is 2.60. The largest absolute Gasteiger partial charge is 0.250 e. The minimum Gasteiger partial charge on any atom is -0.250 e. The average Bonchev–Trinajstić information content (AvgIpc) is 2.22.